The molecule has 1 amide bonds. The Bertz CT molecular complexity index is 385. The number of hydrogen-bond donors (Lipinski definition) is 1. The van der Waals surface area contributed by atoms with E-state index in [-0.39, 0.29) is 5.41 Å². The van der Waals surface area contributed by atoms with Crippen molar-refractivity contribution in [2.24, 2.45) is 11.3 Å². The SMILES string of the molecule is CC(C)CC(C)(C)CN(C(=O)O)c1ccccc1. The van der Waals surface area contributed by atoms with Gasteiger partial charge in [0.05, 0.1) is 0 Å². The van der Waals surface area contributed by atoms with Crippen molar-refractivity contribution in [2.75, 3.05) is 11.4 Å². The number of rotatable bonds is 5. The van der Waals surface area contributed by atoms with Gasteiger partial charge in [0, 0.05) is 12.2 Å². The second-order valence-corrected chi connectivity index (χ2v) is 5.97. The maximum absolute atomic E-state index is 11.4. The van der Waals surface area contributed by atoms with Crippen molar-refractivity contribution in [2.45, 2.75) is 34.1 Å². The third-order valence-electron chi connectivity index (χ3n) is 2.85. The highest BCUT2D eigenvalue weighted by molar-refractivity contribution is 5.86. The van der Waals surface area contributed by atoms with Crippen LogP contribution in [0.25, 0.3) is 0 Å². The summed E-state index contributed by atoms with van der Waals surface area (Å²) in [6, 6.07) is 9.28. The van der Waals surface area contributed by atoms with Crippen molar-refractivity contribution in [3.05, 3.63) is 30.3 Å². The minimum atomic E-state index is -0.891. The molecule has 18 heavy (non-hydrogen) atoms. The lowest BCUT2D eigenvalue weighted by molar-refractivity contribution is 0.194. The first-order valence-electron chi connectivity index (χ1n) is 6.37. The number of para-hydroxylation sites is 1. The van der Waals surface area contributed by atoms with Gasteiger partial charge in [-0.1, -0.05) is 45.9 Å². The van der Waals surface area contributed by atoms with Gasteiger partial charge in [-0.3, -0.25) is 4.90 Å². The summed E-state index contributed by atoms with van der Waals surface area (Å²) in [5.74, 6) is 0.561. The number of nitrogens with zero attached hydrogens (tertiary/aromatic N) is 1. The third kappa shape index (κ3) is 4.40. The minimum absolute atomic E-state index is 0.0254. The first kappa shape index (κ1) is 14.6. The molecule has 1 N–H and O–H groups in total. The molecule has 100 valence electrons. The molecule has 0 radical (unpaired) electrons. The van der Waals surface area contributed by atoms with Gasteiger partial charge in [0.2, 0.25) is 0 Å². The van der Waals surface area contributed by atoms with E-state index >= 15 is 0 Å². The van der Waals surface area contributed by atoms with Crippen molar-refractivity contribution < 1.29 is 9.90 Å². The zero-order chi connectivity index (χ0) is 13.8. The number of benzene rings is 1. The topological polar surface area (TPSA) is 40.5 Å². The molecule has 0 bridgehead atoms. The molecule has 0 aliphatic heterocycles. The van der Waals surface area contributed by atoms with E-state index in [9.17, 15) is 9.90 Å². The van der Waals surface area contributed by atoms with E-state index in [1.54, 1.807) is 0 Å². The van der Waals surface area contributed by atoms with Gasteiger partial charge in [-0.2, -0.15) is 0 Å². The number of carbonyl (C=O) groups is 1. The molecule has 1 rings (SSSR count). The lowest BCUT2D eigenvalue weighted by Gasteiger charge is -2.32. The van der Waals surface area contributed by atoms with Crippen LogP contribution in [0.3, 0.4) is 0 Å². The Kier molecular flexibility index (Phi) is 4.76. The van der Waals surface area contributed by atoms with Crippen LogP contribution in [0.1, 0.15) is 34.1 Å². The fourth-order valence-electron chi connectivity index (χ4n) is 2.48. The molecule has 3 nitrogen and oxygen atoms in total. The standard InChI is InChI=1S/C15H23NO2/c1-12(2)10-15(3,4)11-16(14(17)18)13-8-6-5-7-9-13/h5-9,12H,10-11H2,1-4H3,(H,17,18). The molecule has 1 aromatic carbocycles. The zero-order valence-corrected chi connectivity index (χ0v) is 11.7. The molecular formula is C15H23NO2. The largest absolute Gasteiger partial charge is 0.465 e. The van der Waals surface area contributed by atoms with Gasteiger partial charge in [0.25, 0.3) is 0 Å². The maximum atomic E-state index is 11.4. The van der Waals surface area contributed by atoms with Gasteiger partial charge in [0.15, 0.2) is 0 Å². The average molecular weight is 249 g/mol. The highest BCUT2D eigenvalue weighted by atomic mass is 16.4. The van der Waals surface area contributed by atoms with Gasteiger partial charge < -0.3 is 5.11 Å². The van der Waals surface area contributed by atoms with E-state index in [1.165, 1.54) is 4.90 Å². The normalized spacial score (nSPS) is 11.6. The predicted octanol–water partition coefficient (Wildman–Crippen LogP) is 4.24. The van der Waals surface area contributed by atoms with E-state index < -0.39 is 6.09 Å². The first-order chi connectivity index (χ1) is 8.32. The molecule has 0 aromatic heterocycles. The van der Waals surface area contributed by atoms with Crippen LogP contribution in [0.4, 0.5) is 10.5 Å². The van der Waals surface area contributed by atoms with Gasteiger partial charge in [0.1, 0.15) is 0 Å². The third-order valence-corrected chi connectivity index (χ3v) is 2.85. The molecule has 0 heterocycles. The Labute approximate surface area is 109 Å². The van der Waals surface area contributed by atoms with Gasteiger partial charge in [-0.15, -0.1) is 0 Å². The monoisotopic (exact) mass is 249 g/mol. The lowest BCUT2D eigenvalue weighted by atomic mass is 9.83. The number of hydrogen-bond acceptors (Lipinski definition) is 1. The van der Waals surface area contributed by atoms with Gasteiger partial charge in [-0.25, -0.2) is 4.79 Å². The summed E-state index contributed by atoms with van der Waals surface area (Å²) in [6.07, 6.45) is 0.113. The van der Waals surface area contributed by atoms with Crippen LogP contribution >= 0.6 is 0 Å². The number of anilines is 1. The molecule has 0 saturated carbocycles. The Morgan fingerprint density at radius 1 is 1.28 bits per heavy atom. The second kappa shape index (κ2) is 5.89. The lowest BCUT2D eigenvalue weighted by Crippen LogP contribution is -2.38. The van der Waals surface area contributed by atoms with Gasteiger partial charge >= 0.3 is 6.09 Å². The molecule has 0 aliphatic rings. The maximum Gasteiger partial charge on any atom is 0.411 e. The minimum Gasteiger partial charge on any atom is -0.465 e. The highest BCUT2D eigenvalue weighted by Crippen LogP contribution is 2.28. The van der Waals surface area contributed by atoms with Crippen LogP contribution in [-0.2, 0) is 0 Å². The fourth-order valence-corrected chi connectivity index (χ4v) is 2.48. The number of carboxylic acid groups (broad SMARTS) is 1. The molecule has 0 fully saturated rings. The van der Waals surface area contributed by atoms with Gasteiger partial charge in [-0.05, 0) is 29.9 Å². The predicted molar refractivity (Wildman–Crippen MR) is 75.0 cm³/mol. The van der Waals surface area contributed by atoms with Crippen LogP contribution in [0.5, 0.6) is 0 Å². The van der Waals surface area contributed by atoms with Crippen LogP contribution in [-0.4, -0.2) is 17.7 Å². The smallest absolute Gasteiger partial charge is 0.411 e. The fraction of sp³-hybridized carbons (Fsp3) is 0.533. The second-order valence-electron chi connectivity index (χ2n) is 5.97. The van der Waals surface area contributed by atoms with Crippen molar-refractivity contribution in [1.29, 1.82) is 0 Å². The van der Waals surface area contributed by atoms with Crippen molar-refractivity contribution >= 4 is 11.8 Å². The van der Waals surface area contributed by atoms with Crippen molar-refractivity contribution in [1.82, 2.24) is 0 Å². The Balaban J connectivity index is 2.85. The molecule has 1 aromatic rings. The summed E-state index contributed by atoms with van der Waals surface area (Å²) < 4.78 is 0. The summed E-state index contributed by atoms with van der Waals surface area (Å²) in [5, 5.41) is 9.35. The average Bonchev–Trinajstić information content (AvgIpc) is 2.25. The Morgan fingerprint density at radius 2 is 1.83 bits per heavy atom. The molecule has 0 spiro atoms. The van der Waals surface area contributed by atoms with Crippen LogP contribution < -0.4 is 4.90 Å². The molecule has 3 heteroatoms. The summed E-state index contributed by atoms with van der Waals surface area (Å²) in [5.41, 5.74) is 0.712. The zero-order valence-electron chi connectivity index (χ0n) is 11.7. The van der Waals surface area contributed by atoms with E-state index in [2.05, 4.69) is 27.7 Å². The van der Waals surface area contributed by atoms with Crippen LogP contribution in [0.2, 0.25) is 0 Å². The highest BCUT2D eigenvalue weighted by Gasteiger charge is 2.26. The molecule has 0 aliphatic carbocycles. The van der Waals surface area contributed by atoms with Crippen LogP contribution in [0, 0.1) is 11.3 Å². The van der Waals surface area contributed by atoms with E-state index in [4.69, 9.17) is 0 Å². The number of amides is 1. The quantitative estimate of drug-likeness (QED) is 0.847. The molecular weight excluding hydrogens is 226 g/mol. The first-order valence-corrected chi connectivity index (χ1v) is 6.37. The summed E-state index contributed by atoms with van der Waals surface area (Å²) in [4.78, 5) is 12.8. The molecule has 0 unspecified atom stereocenters. The Morgan fingerprint density at radius 3 is 2.28 bits per heavy atom. The van der Waals surface area contributed by atoms with E-state index in [0.717, 1.165) is 12.1 Å². The molecule has 0 atom stereocenters. The summed E-state index contributed by atoms with van der Waals surface area (Å²) in [6.45, 7) is 9.08. The van der Waals surface area contributed by atoms with Crippen molar-refractivity contribution in [3.8, 4) is 0 Å². The van der Waals surface area contributed by atoms with Crippen molar-refractivity contribution in [3.63, 3.8) is 0 Å². The Hall–Kier alpha value is -1.51. The summed E-state index contributed by atoms with van der Waals surface area (Å²) in [7, 11) is 0. The van der Waals surface area contributed by atoms with E-state index in [0.29, 0.717) is 12.5 Å². The molecule has 0 saturated heterocycles. The summed E-state index contributed by atoms with van der Waals surface area (Å²) >= 11 is 0. The van der Waals surface area contributed by atoms with E-state index in [1.807, 2.05) is 30.3 Å². The van der Waals surface area contributed by atoms with Crippen LogP contribution in [0.15, 0.2) is 30.3 Å².